The summed E-state index contributed by atoms with van der Waals surface area (Å²) in [6.45, 7) is 0.432. The Kier molecular flexibility index (Phi) is 6.60. The minimum Gasteiger partial charge on any atom is -0.489 e. The first kappa shape index (κ1) is 22.1. The first-order chi connectivity index (χ1) is 15.4. The Morgan fingerprint density at radius 3 is 2.22 bits per heavy atom. The van der Waals surface area contributed by atoms with Crippen molar-refractivity contribution < 1.29 is 13.2 Å². The van der Waals surface area contributed by atoms with Crippen LogP contribution in [0.3, 0.4) is 0 Å². The lowest BCUT2D eigenvalue weighted by atomic mass is 10.1. The van der Waals surface area contributed by atoms with Crippen molar-refractivity contribution in [3.05, 3.63) is 101 Å². The van der Waals surface area contributed by atoms with Crippen molar-refractivity contribution in [3.63, 3.8) is 0 Å². The molecule has 0 aliphatic carbocycles. The van der Waals surface area contributed by atoms with Crippen molar-refractivity contribution in [2.45, 2.75) is 11.5 Å². The summed E-state index contributed by atoms with van der Waals surface area (Å²) in [5, 5.41) is 0.552. The minimum atomic E-state index is -3.91. The van der Waals surface area contributed by atoms with E-state index in [0.717, 1.165) is 5.56 Å². The van der Waals surface area contributed by atoms with Crippen molar-refractivity contribution in [3.8, 4) is 16.9 Å². The molecule has 0 radical (unpaired) electrons. The third-order valence-electron chi connectivity index (χ3n) is 4.55. The molecule has 0 spiro atoms. The van der Waals surface area contributed by atoms with Crippen molar-refractivity contribution in [1.82, 2.24) is 9.97 Å². The van der Waals surface area contributed by atoms with Crippen LogP contribution in [0.25, 0.3) is 11.1 Å². The van der Waals surface area contributed by atoms with Crippen LogP contribution in [0.2, 0.25) is 10.2 Å². The molecule has 6 nitrogen and oxygen atoms in total. The average molecular weight is 486 g/mol. The van der Waals surface area contributed by atoms with E-state index in [1.807, 2.05) is 30.3 Å². The van der Waals surface area contributed by atoms with Gasteiger partial charge in [-0.05, 0) is 47.5 Å². The third-order valence-corrected chi connectivity index (χ3v) is 6.44. The normalized spacial score (nSPS) is 11.2. The van der Waals surface area contributed by atoms with E-state index in [4.69, 9.17) is 27.9 Å². The van der Waals surface area contributed by atoms with E-state index < -0.39 is 10.0 Å². The monoisotopic (exact) mass is 485 g/mol. The van der Waals surface area contributed by atoms with E-state index in [1.165, 1.54) is 30.6 Å². The van der Waals surface area contributed by atoms with Crippen LogP contribution in [0.15, 0.2) is 90.1 Å². The molecule has 0 fully saturated rings. The molecular weight excluding hydrogens is 469 g/mol. The fraction of sp³-hybridized carbons (Fsp3) is 0.0435. The third kappa shape index (κ3) is 5.19. The number of rotatable bonds is 7. The summed E-state index contributed by atoms with van der Waals surface area (Å²) in [5.41, 5.74) is 2.05. The number of sulfonamides is 1. The number of nitrogens with one attached hydrogen (secondary N) is 1. The molecular formula is C23H17Cl2N3O3S. The molecule has 0 aliphatic rings. The second-order valence-electron chi connectivity index (χ2n) is 6.75. The first-order valence-electron chi connectivity index (χ1n) is 9.48. The zero-order chi connectivity index (χ0) is 22.6. The maximum atomic E-state index is 12.8. The Balaban J connectivity index is 1.58. The van der Waals surface area contributed by atoms with Crippen LogP contribution in [0.1, 0.15) is 5.56 Å². The number of halogens is 2. The van der Waals surface area contributed by atoms with E-state index in [9.17, 15) is 8.42 Å². The minimum absolute atomic E-state index is 0.0484. The Labute approximate surface area is 195 Å². The average Bonchev–Trinajstić information content (AvgIpc) is 2.79. The van der Waals surface area contributed by atoms with E-state index in [1.54, 1.807) is 24.3 Å². The lowest BCUT2D eigenvalue weighted by Crippen LogP contribution is -2.15. The van der Waals surface area contributed by atoms with Crippen LogP contribution in [0.5, 0.6) is 5.75 Å². The van der Waals surface area contributed by atoms with Crippen LogP contribution in [-0.4, -0.2) is 18.4 Å². The zero-order valence-electron chi connectivity index (χ0n) is 16.6. The molecule has 0 aliphatic heterocycles. The number of anilines is 1. The number of hydrogen-bond acceptors (Lipinski definition) is 5. The van der Waals surface area contributed by atoms with Gasteiger partial charge in [0.2, 0.25) is 0 Å². The van der Waals surface area contributed by atoms with Crippen molar-refractivity contribution in [2.24, 2.45) is 0 Å². The molecule has 0 saturated heterocycles. The molecule has 0 bridgehead atoms. The van der Waals surface area contributed by atoms with Gasteiger partial charge in [-0.15, -0.1) is 0 Å². The predicted octanol–water partition coefficient (Wildman–Crippen LogP) is 5.83. The van der Waals surface area contributed by atoms with Crippen molar-refractivity contribution in [1.29, 1.82) is 0 Å². The Hall–Kier alpha value is -3.13. The largest absolute Gasteiger partial charge is 0.489 e. The fourth-order valence-electron chi connectivity index (χ4n) is 2.96. The quantitative estimate of drug-likeness (QED) is 0.333. The number of aromatic nitrogens is 2. The van der Waals surface area contributed by atoms with Gasteiger partial charge in [-0.3, -0.25) is 4.72 Å². The molecule has 1 heterocycles. The lowest BCUT2D eigenvalue weighted by molar-refractivity contribution is 0.306. The number of hydrogen-bond donors (Lipinski definition) is 1. The van der Waals surface area contributed by atoms with E-state index in [0.29, 0.717) is 28.5 Å². The summed E-state index contributed by atoms with van der Waals surface area (Å²) >= 11 is 12.2. The SMILES string of the molecule is O=S(=O)(Nc1ncnc(Cl)c1-c1ccc(OCc2ccccc2)cc1)c1ccc(Cl)cc1. The molecule has 4 aromatic rings. The number of benzene rings is 3. The van der Waals surface area contributed by atoms with Crippen LogP contribution >= 0.6 is 23.2 Å². The highest BCUT2D eigenvalue weighted by atomic mass is 35.5. The molecule has 0 saturated carbocycles. The summed E-state index contributed by atoms with van der Waals surface area (Å²) in [4.78, 5) is 8.15. The van der Waals surface area contributed by atoms with E-state index in [-0.39, 0.29) is 15.9 Å². The molecule has 1 N–H and O–H groups in total. The summed E-state index contributed by atoms with van der Waals surface area (Å²) in [7, 11) is -3.91. The highest BCUT2D eigenvalue weighted by molar-refractivity contribution is 7.92. The second kappa shape index (κ2) is 9.56. The summed E-state index contributed by atoms with van der Waals surface area (Å²) < 4.78 is 33.9. The van der Waals surface area contributed by atoms with Gasteiger partial charge < -0.3 is 4.74 Å². The van der Waals surface area contributed by atoms with Crippen molar-refractivity contribution in [2.75, 3.05) is 4.72 Å². The lowest BCUT2D eigenvalue weighted by Gasteiger charge is -2.13. The maximum Gasteiger partial charge on any atom is 0.263 e. The van der Waals surface area contributed by atoms with Crippen LogP contribution in [0.4, 0.5) is 5.82 Å². The maximum absolute atomic E-state index is 12.8. The van der Waals surface area contributed by atoms with Gasteiger partial charge in [0.15, 0.2) is 5.82 Å². The Morgan fingerprint density at radius 2 is 1.53 bits per heavy atom. The fourth-order valence-corrected chi connectivity index (χ4v) is 4.35. The highest BCUT2D eigenvalue weighted by Crippen LogP contribution is 2.34. The van der Waals surface area contributed by atoms with Gasteiger partial charge in [-0.1, -0.05) is 65.7 Å². The summed E-state index contributed by atoms with van der Waals surface area (Å²) in [5.74, 6) is 0.728. The predicted molar refractivity (Wildman–Crippen MR) is 126 cm³/mol. The molecule has 4 rings (SSSR count). The Morgan fingerprint density at radius 1 is 0.844 bits per heavy atom. The van der Waals surface area contributed by atoms with Gasteiger partial charge in [0, 0.05) is 5.02 Å². The molecule has 0 amide bonds. The van der Waals surface area contributed by atoms with Crippen LogP contribution in [0, 0.1) is 0 Å². The molecule has 9 heteroatoms. The first-order valence-corrected chi connectivity index (χ1v) is 11.7. The van der Waals surface area contributed by atoms with Crippen molar-refractivity contribution >= 4 is 39.0 Å². The number of nitrogens with zero attached hydrogens (tertiary/aromatic N) is 2. The number of ether oxygens (including phenoxy) is 1. The highest BCUT2D eigenvalue weighted by Gasteiger charge is 2.20. The van der Waals surface area contributed by atoms with Gasteiger partial charge in [0.1, 0.15) is 23.8 Å². The molecule has 0 unspecified atom stereocenters. The summed E-state index contributed by atoms with van der Waals surface area (Å²) in [6, 6.07) is 22.7. The van der Waals surface area contributed by atoms with E-state index in [2.05, 4.69) is 14.7 Å². The molecule has 32 heavy (non-hydrogen) atoms. The molecule has 1 aromatic heterocycles. The van der Waals surface area contributed by atoms with Crippen LogP contribution < -0.4 is 9.46 Å². The zero-order valence-corrected chi connectivity index (χ0v) is 18.9. The molecule has 3 aromatic carbocycles. The van der Waals surface area contributed by atoms with Gasteiger partial charge >= 0.3 is 0 Å². The van der Waals surface area contributed by atoms with Gasteiger partial charge in [0.05, 0.1) is 10.5 Å². The molecule has 162 valence electrons. The van der Waals surface area contributed by atoms with Gasteiger partial charge in [0.25, 0.3) is 10.0 Å². The van der Waals surface area contributed by atoms with Gasteiger partial charge in [-0.2, -0.15) is 0 Å². The smallest absolute Gasteiger partial charge is 0.263 e. The van der Waals surface area contributed by atoms with Crippen LogP contribution in [-0.2, 0) is 16.6 Å². The van der Waals surface area contributed by atoms with Gasteiger partial charge in [-0.25, -0.2) is 18.4 Å². The van der Waals surface area contributed by atoms with E-state index >= 15 is 0 Å². The second-order valence-corrected chi connectivity index (χ2v) is 9.22. The standard InChI is InChI=1S/C23H17Cl2N3O3S/c24-18-8-12-20(13-9-18)32(29,30)28-23-21(22(25)26-15-27-23)17-6-10-19(11-7-17)31-14-16-4-2-1-3-5-16/h1-13,15H,14H2,(H,26,27,28). The Bertz CT molecular complexity index is 1320. The molecule has 0 atom stereocenters. The topological polar surface area (TPSA) is 81.2 Å². The summed E-state index contributed by atoms with van der Waals surface area (Å²) in [6.07, 6.45) is 1.20.